The van der Waals surface area contributed by atoms with E-state index < -0.39 is 0 Å². The van der Waals surface area contributed by atoms with Crippen molar-refractivity contribution in [1.82, 2.24) is 4.98 Å². The van der Waals surface area contributed by atoms with Crippen molar-refractivity contribution in [3.63, 3.8) is 0 Å². The second-order valence-corrected chi connectivity index (χ2v) is 9.47. The highest BCUT2D eigenvalue weighted by Gasteiger charge is 2.17. The third-order valence-electron chi connectivity index (χ3n) is 4.66. The normalized spacial score (nSPS) is 11.6. The van der Waals surface area contributed by atoms with Crippen LogP contribution in [0.1, 0.15) is 33.1 Å². The van der Waals surface area contributed by atoms with Crippen LogP contribution in [-0.2, 0) is 9.59 Å². The van der Waals surface area contributed by atoms with E-state index in [9.17, 15) is 9.59 Å². The molecule has 168 valence electrons. The van der Waals surface area contributed by atoms with Gasteiger partial charge in [-0.2, -0.15) is 0 Å². The Morgan fingerprint density at radius 2 is 1.97 bits per heavy atom. The number of aromatic nitrogens is 1. The van der Waals surface area contributed by atoms with Crippen molar-refractivity contribution < 1.29 is 14.3 Å². The third-order valence-corrected chi connectivity index (χ3v) is 6.51. The number of thiazole rings is 1. The number of carbonyl (C=O) groups is 2. The number of nitrogens with one attached hydrogen (secondary N) is 2. The molecule has 0 fully saturated rings. The molecule has 2 N–H and O–H groups in total. The van der Waals surface area contributed by atoms with Gasteiger partial charge in [-0.15, -0.1) is 23.1 Å². The molecule has 1 unspecified atom stereocenters. The molecule has 2 amide bonds. The van der Waals surface area contributed by atoms with Crippen LogP contribution in [0.15, 0.2) is 58.8 Å². The molecule has 1 atom stereocenters. The smallest absolute Gasteiger partial charge is 0.239 e. The van der Waals surface area contributed by atoms with Crippen LogP contribution in [0.4, 0.5) is 10.8 Å². The van der Waals surface area contributed by atoms with Crippen molar-refractivity contribution in [3.05, 3.63) is 53.9 Å². The van der Waals surface area contributed by atoms with Gasteiger partial charge < -0.3 is 15.4 Å². The van der Waals surface area contributed by atoms with Crippen LogP contribution in [0.5, 0.6) is 5.75 Å². The van der Waals surface area contributed by atoms with Gasteiger partial charge in [0.25, 0.3) is 0 Å². The molecule has 0 aliphatic rings. The van der Waals surface area contributed by atoms with Crippen LogP contribution in [0, 0.1) is 0 Å². The Balaban J connectivity index is 1.58. The summed E-state index contributed by atoms with van der Waals surface area (Å²) in [5, 5.41) is 7.95. The van der Waals surface area contributed by atoms with Gasteiger partial charge in [-0.05, 0) is 43.7 Å². The standard InChI is InChI=1S/C24H27N3O3S2/c1-4-5-12-22(28)25-18-9-7-11-20(14-18)32-16(2)23(29)27-24-26-21(15-31-24)17-8-6-10-19(13-17)30-3/h6-11,13-16H,4-5,12H2,1-3H3,(H,25,28)(H,26,27,29). The van der Waals surface area contributed by atoms with Gasteiger partial charge in [-0.1, -0.05) is 31.5 Å². The fraction of sp³-hybridized carbons (Fsp3) is 0.292. The molecule has 0 saturated carbocycles. The van der Waals surface area contributed by atoms with Gasteiger partial charge in [-0.3, -0.25) is 9.59 Å². The predicted octanol–water partition coefficient (Wildman–Crippen LogP) is 6.07. The summed E-state index contributed by atoms with van der Waals surface area (Å²) in [5.74, 6) is 0.643. The van der Waals surface area contributed by atoms with Gasteiger partial charge in [0.15, 0.2) is 5.13 Å². The average Bonchev–Trinajstić information content (AvgIpc) is 3.26. The Morgan fingerprint density at radius 1 is 1.16 bits per heavy atom. The minimum Gasteiger partial charge on any atom is -0.497 e. The second-order valence-electron chi connectivity index (χ2n) is 7.20. The number of ether oxygens (including phenoxy) is 1. The maximum Gasteiger partial charge on any atom is 0.239 e. The van der Waals surface area contributed by atoms with Crippen LogP contribution in [0.25, 0.3) is 11.3 Å². The molecular formula is C24H27N3O3S2. The van der Waals surface area contributed by atoms with E-state index in [1.54, 1.807) is 7.11 Å². The molecule has 3 aromatic rings. The molecule has 0 radical (unpaired) electrons. The molecule has 2 aromatic carbocycles. The first-order chi connectivity index (χ1) is 15.5. The second kappa shape index (κ2) is 11.7. The first kappa shape index (κ1) is 23.8. The number of unbranched alkanes of at least 4 members (excludes halogenated alkanes) is 1. The molecule has 3 rings (SSSR count). The summed E-state index contributed by atoms with van der Waals surface area (Å²) in [7, 11) is 1.63. The van der Waals surface area contributed by atoms with Gasteiger partial charge in [0.2, 0.25) is 11.8 Å². The van der Waals surface area contributed by atoms with E-state index in [1.165, 1.54) is 23.1 Å². The molecule has 6 nitrogen and oxygen atoms in total. The molecule has 8 heteroatoms. The predicted molar refractivity (Wildman–Crippen MR) is 133 cm³/mol. The first-order valence-electron chi connectivity index (χ1n) is 10.5. The van der Waals surface area contributed by atoms with Crippen molar-refractivity contribution in [3.8, 4) is 17.0 Å². The van der Waals surface area contributed by atoms with Crippen molar-refractivity contribution >= 4 is 45.7 Å². The Bertz CT molecular complexity index is 1070. The summed E-state index contributed by atoms with van der Waals surface area (Å²) >= 11 is 2.82. The lowest BCUT2D eigenvalue weighted by molar-refractivity contribution is -0.116. The maximum atomic E-state index is 12.7. The molecule has 0 aliphatic heterocycles. The monoisotopic (exact) mass is 469 g/mol. The number of nitrogens with zero attached hydrogens (tertiary/aromatic N) is 1. The van der Waals surface area contributed by atoms with Gasteiger partial charge in [0, 0.05) is 27.9 Å². The van der Waals surface area contributed by atoms with Crippen LogP contribution < -0.4 is 15.4 Å². The number of thioether (sulfide) groups is 1. The largest absolute Gasteiger partial charge is 0.497 e. The van der Waals surface area contributed by atoms with Crippen molar-refractivity contribution in [1.29, 1.82) is 0 Å². The van der Waals surface area contributed by atoms with E-state index in [0.717, 1.165) is 40.4 Å². The fourth-order valence-corrected chi connectivity index (χ4v) is 4.57. The number of anilines is 2. The Kier molecular flexibility index (Phi) is 8.70. The van der Waals surface area contributed by atoms with Crippen LogP contribution in [0.3, 0.4) is 0 Å². The summed E-state index contributed by atoms with van der Waals surface area (Å²) in [6.07, 6.45) is 2.36. The molecule has 0 spiro atoms. The lowest BCUT2D eigenvalue weighted by Crippen LogP contribution is -2.22. The van der Waals surface area contributed by atoms with Crippen LogP contribution in [-0.4, -0.2) is 29.2 Å². The zero-order valence-corrected chi connectivity index (χ0v) is 20.0. The van der Waals surface area contributed by atoms with Crippen molar-refractivity contribution in [2.45, 2.75) is 43.3 Å². The van der Waals surface area contributed by atoms with Crippen molar-refractivity contribution in [2.24, 2.45) is 0 Å². The SMILES string of the molecule is CCCCC(=O)Nc1cccc(SC(C)C(=O)Nc2nc(-c3cccc(OC)c3)cs2)c1. The van der Waals surface area contributed by atoms with Gasteiger partial charge in [0.05, 0.1) is 18.1 Å². The van der Waals surface area contributed by atoms with E-state index in [2.05, 4.69) is 22.5 Å². The summed E-state index contributed by atoms with van der Waals surface area (Å²) in [4.78, 5) is 30.1. The Morgan fingerprint density at radius 3 is 2.75 bits per heavy atom. The number of rotatable bonds is 10. The topological polar surface area (TPSA) is 80.3 Å². The zero-order chi connectivity index (χ0) is 22.9. The molecule has 1 aromatic heterocycles. The third kappa shape index (κ3) is 6.83. The van der Waals surface area contributed by atoms with Gasteiger partial charge in [-0.25, -0.2) is 4.98 Å². The summed E-state index contributed by atoms with van der Waals surface area (Å²) in [5.41, 5.74) is 2.46. The van der Waals surface area contributed by atoms with E-state index in [1.807, 2.05) is 60.8 Å². The highest BCUT2D eigenvalue weighted by Crippen LogP contribution is 2.29. The van der Waals surface area contributed by atoms with E-state index in [-0.39, 0.29) is 17.1 Å². The maximum absolute atomic E-state index is 12.7. The number of amides is 2. The van der Waals surface area contributed by atoms with E-state index in [0.29, 0.717) is 11.6 Å². The van der Waals surface area contributed by atoms with Crippen LogP contribution in [0.2, 0.25) is 0 Å². The fourth-order valence-electron chi connectivity index (χ4n) is 2.92. The summed E-state index contributed by atoms with van der Waals surface area (Å²) in [6, 6.07) is 15.2. The Labute approximate surface area is 196 Å². The van der Waals surface area contributed by atoms with Gasteiger partial charge >= 0.3 is 0 Å². The number of hydrogen-bond donors (Lipinski definition) is 2. The lowest BCUT2D eigenvalue weighted by Gasteiger charge is -2.12. The molecule has 1 heterocycles. The molecule has 0 aliphatic carbocycles. The molecular weight excluding hydrogens is 442 g/mol. The minimum absolute atomic E-state index is 0.00963. The van der Waals surface area contributed by atoms with Crippen LogP contribution >= 0.6 is 23.1 Å². The average molecular weight is 470 g/mol. The minimum atomic E-state index is -0.329. The number of hydrogen-bond acceptors (Lipinski definition) is 6. The first-order valence-corrected chi connectivity index (χ1v) is 12.2. The molecule has 32 heavy (non-hydrogen) atoms. The highest BCUT2D eigenvalue weighted by atomic mass is 32.2. The van der Waals surface area contributed by atoms with E-state index >= 15 is 0 Å². The summed E-state index contributed by atoms with van der Waals surface area (Å²) < 4.78 is 5.26. The Hall–Kier alpha value is -2.84. The molecule has 0 bridgehead atoms. The molecule has 0 saturated heterocycles. The summed E-state index contributed by atoms with van der Waals surface area (Å²) in [6.45, 7) is 3.91. The van der Waals surface area contributed by atoms with Crippen molar-refractivity contribution in [2.75, 3.05) is 17.7 Å². The quantitative estimate of drug-likeness (QED) is 0.352. The zero-order valence-electron chi connectivity index (χ0n) is 18.4. The van der Waals surface area contributed by atoms with E-state index in [4.69, 9.17) is 4.74 Å². The number of carbonyl (C=O) groups excluding carboxylic acids is 2. The number of benzene rings is 2. The highest BCUT2D eigenvalue weighted by molar-refractivity contribution is 8.00. The number of methoxy groups -OCH3 is 1. The van der Waals surface area contributed by atoms with Gasteiger partial charge in [0.1, 0.15) is 5.75 Å². The lowest BCUT2D eigenvalue weighted by atomic mass is 10.2.